The summed E-state index contributed by atoms with van der Waals surface area (Å²) in [6, 6.07) is 6.07. The van der Waals surface area contributed by atoms with Gasteiger partial charge in [-0.05, 0) is 36.1 Å². The highest BCUT2D eigenvalue weighted by atomic mass is 79.9. The lowest BCUT2D eigenvalue weighted by molar-refractivity contribution is -0.117. The minimum Gasteiger partial charge on any atom is -0.490 e. The molecular formula is C14H17BrO2. The molecule has 2 nitrogen and oxygen atoms in total. The molecule has 0 radical (unpaired) electrons. The summed E-state index contributed by atoms with van der Waals surface area (Å²) in [7, 11) is 0. The van der Waals surface area contributed by atoms with Crippen LogP contribution in [0.15, 0.2) is 22.7 Å². The Kier molecular flexibility index (Phi) is 3.87. The number of halogens is 1. The van der Waals surface area contributed by atoms with E-state index < -0.39 is 0 Å². The third-order valence-electron chi connectivity index (χ3n) is 3.09. The van der Waals surface area contributed by atoms with Crippen LogP contribution in [0.1, 0.15) is 44.6 Å². The minimum atomic E-state index is 0.0705. The molecule has 1 aliphatic rings. The van der Waals surface area contributed by atoms with E-state index in [4.69, 9.17) is 4.74 Å². The molecule has 1 aromatic rings. The summed E-state index contributed by atoms with van der Waals surface area (Å²) in [5.74, 6) is 1.65. The van der Waals surface area contributed by atoms with Gasteiger partial charge in [0.25, 0.3) is 0 Å². The van der Waals surface area contributed by atoms with Crippen molar-refractivity contribution in [2.75, 3.05) is 0 Å². The van der Waals surface area contributed by atoms with Gasteiger partial charge >= 0.3 is 0 Å². The Morgan fingerprint density at radius 1 is 1.41 bits per heavy atom. The lowest BCUT2D eigenvalue weighted by Gasteiger charge is -2.18. The van der Waals surface area contributed by atoms with Crippen molar-refractivity contribution in [3.8, 4) is 5.75 Å². The van der Waals surface area contributed by atoms with E-state index >= 15 is 0 Å². The van der Waals surface area contributed by atoms with Gasteiger partial charge in [-0.2, -0.15) is 0 Å². The predicted molar refractivity (Wildman–Crippen MR) is 71.5 cm³/mol. The first-order chi connectivity index (χ1) is 8.06. The number of rotatable bonds is 3. The first kappa shape index (κ1) is 12.6. The molecule has 0 heterocycles. The third kappa shape index (κ3) is 3.09. The van der Waals surface area contributed by atoms with Gasteiger partial charge in [0.15, 0.2) is 0 Å². The molecule has 0 amide bonds. The summed E-state index contributed by atoms with van der Waals surface area (Å²) in [5.41, 5.74) is 1.19. The topological polar surface area (TPSA) is 26.3 Å². The van der Waals surface area contributed by atoms with Gasteiger partial charge < -0.3 is 4.74 Å². The zero-order valence-electron chi connectivity index (χ0n) is 10.2. The summed E-state index contributed by atoms with van der Waals surface area (Å²) >= 11 is 3.48. The van der Waals surface area contributed by atoms with Gasteiger partial charge in [-0.25, -0.2) is 0 Å². The van der Waals surface area contributed by atoms with Crippen LogP contribution in [-0.2, 0) is 4.79 Å². The number of ketones is 1. The van der Waals surface area contributed by atoms with Gasteiger partial charge in [-0.1, -0.05) is 29.8 Å². The van der Waals surface area contributed by atoms with Crippen molar-refractivity contribution in [3.05, 3.63) is 28.2 Å². The van der Waals surface area contributed by atoms with Crippen molar-refractivity contribution in [1.82, 2.24) is 0 Å². The second kappa shape index (κ2) is 5.21. The normalized spacial score (nSPS) is 20.0. The molecule has 17 heavy (non-hydrogen) atoms. The SMILES string of the molecule is CC(C)c1cc(Br)ccc1OC1CCC(=O)C1. The van der Waals surface area contributed by atoms with E-state index in [0.29, 0.717) is 24.5 Å². The molecule has 0 aliphatic heterocycles. The molecule has 92 valence electrons. The van der Waals surface area contributed by atoms with Crippen molar-refractivity contribution in [2.45, 2.75) is 45.1 Å². The molecule has 0 aromatic heterocycles. The van der Waals surface area contributed by atoms with Crippen LogP contribution in [0.4, 0.5) is 0 Å². The molecule has 1 saturated carbocycles. The first-order valence-electron chi connectivity index (χ1n) is 6.04. The molecule has 3 heteroatoms. The van der Waals surface area contributed by atoms with Crippen LogP contribution < -0.4 is 4.74 Å². The number of carbonyl (C=O) groups is 1. The third-order valence-corrected chi connectivity index (χ3v) is 3.58. The minimum absolute atomic E-state index is 0.0705. The largest absolute Gasteiger partial charge is 0.490 e. The summed E-state index contributed by atoms with van der Waals surface area (Å²) < 4.78 is 7.02. The Morgan fingerprint density at radius 3 is 2.76 bits per heavy atom. The van der Waals surface area contributed by atoms with Gasteiger partial charge in [-0.3, -0.25) is 4.79 Å². The van der Waals surface area contributed by atoms with Crippen molar-refractivity contribution in [3.63, 3.8) is 0 Å². The fourth-order valence-electron chi connectivity index (χ4n) is 2.14. The zero-order valence-corrected chi connectivity index (χ0v) is 11.8. The van der Waals surface area contributed by atoms with Crippen LogP contribution in [0.3, 0.4) is 0 Å². The zero-order chi connectivity index (χ0) is 12.4. The molecule has 1 aromatic carbocycles. The number of Topliss-reactive ketones (excluding diaryl/α,β-unsaturated/α-hetero) is 1. The summed E-state index contributed by atoms with van der Waals surface area (Å²) in [6.07, 6.45) is 2.15. The second-order valence-corrected chi connectivity index (χ2v) is 5.77. The van der Waals surface area contributed by atoms with Gasteiger partial charge in [0.05, 0.1) is 0 Å². The van der Waals surface area contributed by atoms with Crippen LogP contribution in [0.25, 0.3) is 0 Å². The van der Waals surface area contributed by atoms with Crippen molar-refractivity contribution in [1.29, 1.82) is 0 Å². The van der Waals surface area contributed by atoms with Crippen LogP contribution in [-0.4, -0.2) is 11.9 Å². The van der Waals surface area contributed by atoms with E-state index in [1.165, 1.54) is 5.56 Å². The highest BCUT2D eigenvalue weighted by molar-refractivity contribution is 9.10. The lowest BCUT2D eigenvalue weighted by atomic mass is 10.0. The Bertz CT molecular complexity index is 426. The smallest absolute Gasteiger partial charge is 0.136 e. The average Bonchev–Trinajstić information content (AvgIpc) is 2.66. The van der Waals surface area contributed by atoms with Gasteiger partial charge in [0, 0.05) is 17.3 Å². The quantitative estimate of drug-likeness (QED) is 0.840. The summed E-state index contributed by atoms with van der Waals surface area (Å²) in [5, 5.41) is 0. The monoisotopic (exact) mass is 296 g/mol. The standard InChI is InChI=1S/C14H17BrO2/c1-9(2)13-7-10(15)3-6-14(13)17-12-5-4-11(16)8-12/h3,6-7,9,12H,4-5,8H2,1-2H3. The molecule has 0 bridgehead atoms. The van der Waals surface area contributed by atoms with Crippen molar-refractivity contribution >= 4 is 21.7 Å². The van der Waals surface area contributed by atoms with E-state index in [1.807, 2.05) is 12.1 Å². The Hall–Kier alpha value is -0.830. The van der Waals surface area contributed by atoms with E-state index in [9.17, 15) is 4.79 Å². The van der Waals surface area contributed by atoms with Crippen molar-refractivity contribution in [2.24, 2.45) is 0 Å². The maximum absolute atomic E-state index is 11.2. The van der Waals surface area contributed by atoms with Crippen LogP contribution >= 0.6 is 15.9 Å². The van der Waals surface area contributed by atoms with Gasteiger partial charge in [0.2, 0.25) is 0 Å². The molecule has 0 spiro atoms. The molecule has 1 aliphatic carbocycles. The Labute approximate surface area is 110 Å². The molecular weight excluding hydrogens is 280 g/mol. The summed E-state index contributed by atoms with van der Waals surface area (Å²) in [4.78, 5) is 11.2. The molecule has 2 rings (SSSR count). The highest BCUT2D eigenvalue weighted by Gasteiger charge is 2.24. The molecule has 1 fully saturated rings. The van der Waals surface area contributed by atoms with E-state index in [0.717, 1.165) is 16.6 Å². The second-order valence-electron chi connectivity index (χ2n) is 4.86. The fraction of sp³-hybridized carbons (Fsp3) is 0.500. The molecule has 0 saturated heterocycles. The van der Waals surface area contributed by atoms with Crippen LogP contribution in [0, 0.1) is 0 Å². The maximum atomic E-state index is 11.2. The number of ether oxygens (including phenoxy) is 1. The van der Waals surface area contributed by atoms with E-state index in [-0.39, 0.29) is 6.10 Å². The van der Waals surface area contributed by atoms with E-state index in [1.54, 1.807) is 0 Å². The van der Waals surface area contributed by atoms with Crippen molar-refractivity contribution < 1.29 is 9.53 Å². The molecule has 0 N–H and O–H groups in total. The average molecular weight is 297 g/mol. The van der Waals surface area contributed by atoms with E-state index in [2.05, 4.69) is 35.8 Å². The lowest BCUT2D eigenvalue weighted by Crippen LogP contribution is -2.13. The Balaban J connectivity index is 2.17. The Morgan fingerprint density at radius 2 is 2.18 bits per heavy atom. The number of hydrogen-bond donors (Lipinski definition) is 0. The number of carbonyl (C=O) groups excluding carboxylic acids is 1. The maximum Gasteiger partial charge on any atom is 0.136 e. The highest BCUT2D eigenvalue weighted by Crippen LogP contribution is 2.32. The fourth-order valence-corrected chi connectivity index (χ4v) is 2.52. The summed E-state index contributed by atoms with van der Waals surface area (Å²) in [6.45, 7) is 4.29. The van der Waals surface area contributed by atoms with Crippen LogP contribution in [0.5, 0.6) is 5.75 Å². The van der Waals surface area contributed by atoms with Gasteiger partial charge in [0.1, 0.15) is 17.6 Å². The number of hydrogen-bond acceptors (Lipinski definition) is 2. The van der Waals surface area contributed by atoms with Crippen LogP contribution in [0.2, 0.25) is 0 Å². The predicted octanol–water partition coefficient (Wildman–Crippen LogP) is 4.07. The molecule has 1 atom stereocenters. The van der Waals surface area contributed by atoms with Gasteiger partial charge in [-0.15, -0.1) is 0 Å². The molecule has 1 unspecified atom stereocenters. The number of benzene rings is 1. The first-order valence-corrected chi connectivity index (χ1v) is 6.83.